The highest BCUT2D eigenvalue weighted by atomic mass is 16.8. The standard InChI is InChI=1S/C44H70O23/c1-14-7-19-16-8-18(14)36(15(2)25(19)17-5-4-6-44(3,20(17)9-16)43(59)67-41-35(58)32(55)28(51)23(12-47)62-41)64-42-38(66-40-34(57)31(54)27(50)22(11-46)61-40)37(29(52)24(13-48)63-42)65-39-33(56)30(53)26(49)21(10-45)60-39/h15-42,45-58H,1,4-13H2,2-3H3/t15-,16?,17?,18?,19?,20?,21-,22-,23-,24-,25?,26-,27-,28-,29-,30+,31+,32+,33-,34-,35-,36?,37?,38-,39+,40+,41?,42+,44-/m1/s1. The van der Waals surface area contributed by atoms with Crippen LogP contribution in [0.3, 0.4) is 0 Å². The van der Waals surface area contributed by atoms with Gasteiger partial charge >= 0.3 is 5.97 Å². The first-order chi connectivity index (χ1) is 31.8. The highest BCUT2D eigenvalue weighted by Crippen LogP contribution is 2.65. The maximum atomic E-state index is 14.4. The quantitative estimate of drug-likeness (QED) is 0.0641. The van der Waals surface area contributed by atoms with Crippen molar-refractivity contribution in [3.63, 3.8) is 0 Å². The van der Waals surface area contributed by atoms with Gasteiger partial charge in [-0.1, -0.05) is 25.5 Å². The zero-order valence-electron chi connectivity index (χ0n) is 37.4. The molecule has 5 aliphatic carbocycles. The number of carbonyl (C=O) groups excluding carboxylic acids is 1. The summed E-state index contributed by atoms with van der Waals surface area (Å²) in [4.78, 5) is 14.4. The van der Waals surface area contributed by atoms with Crippen LogP contribution in [-0.4, -0.2) is 233 Å². The van der Waals surface area contributed by atoms with Gasteiger partial charge in [-0.3, -0.25) is 4.79 Å². The number of aliphatic hydroxyl groups excluding tert-OH is 14. The Morgan fingerprint density at radius 2 is 1.06 bits per heavy atom. The Morgan fingerprint density at radius 1 is 0.597 bits per heavy atom. The van der Waals surface area contributed by atoms with Gasteiger partial charge in [0, 0.05) is 5.92 Å². The van der Waals surface area contributed by atoms with Crippen LogP contribution in [0.1, 0.15) is 52.4 Å². The Hall–Kier alpha value is -1.63. The molecule has 67 heavy (non-hydrogen) atoms. The van der Waals surface area contributed by atoms with Crippen molar-refractivity contribution in [1.29, 1.82) is 0 Å². The van der Waals surface area contributed by atoms with Crippen LogP contribution in [0.25, 0.3) is 0 Å². The van der Waals surface area contributed by atoms with Gasteiger partial charge in [0.15, 0.2) is 18.9 Å². The fourth-order valence-electron chi connectivity index (χ4n) is 13.0. The minimum absolute atomic E-state index is 0.0676. The van der Waals surface area contributed by atoms with Crippen molar-refractivity contribution >= 4 is 5.97 Å². The Labute approximate surface area is 386 Å². The van der Waals surface area contributed by atoms with Crippen molar-refractivity contribution in [3.8, 4) is 0 Å². The molecule has 23 nitrogen and oxygen atoms in total. The summed E-state index contributed by atoms with van der Waals surface area (Å²) in [5.74, 6) is -1.48. The van der Waals surface area contributed by atoms with E-state index in [9.17, 15) is 76.3 Å². The molecule has 14 N–H and O–H groups in total. The third-order valence-electron chi connectivity index (χ3n) is 16.7. The molecule has 0 aromatic heterocycles. The van der Waals surface area contributed by atoms with E-state index in [1.807, 2.05) is 13.8 Å². The Morgan fingerprint density at radius 3 is 1.60 bits per heavy atom. The van der Waals surface area contributed by atoms with Gasteiger partial charge in [-0.25, -0.2) is 0 Å². The predicted octanol–water partition coefficient (Wildman–Crippen LogP) is -5.55. The summed E-state index contributed by atoms with van der Waals surface area (Å²) in [6.07, 6.45) is -31.3. The lowest BCUT2D eigenvalue weighted by Crippen LogP contribution is -2.67. The summed E-state index contributed by atoms with van der Waals surface area (Å²) >= 11 is 0. The van der Waals surface area contributed by atoms with E-state index in [1.165, 1.54) is 0 Å². The number of hydrogen-bond acceptors (Lipinski definition) is 23. The lowest BCUT2D eigenvalue weighted by Gasteiger charge is -2.56. The maximum absolute atomic E-state index is 14.4. The molecule has 0 spiro atoms. The van der Waals surface area contributed by atoms with Crippen LogP contribution >= 0.6 is 0 Å². The third-order valence-corrected chi connectivity index (χ3v) is 16.7. The summed E-state index contributed by atoms with van der Waals surface area (Å²) < 4.78 is 48.4. The Kier molecular flexibility index (Phi) is 15.8. The van der Waals surface area contributed by atoms with Gasteiger partial charge in [-0.05, 0) is 74.5 Å². The third kappa shape index (κ3) is 9.16. The molecule has 9 fully saturated rings. The molecule has 4 saturated heterocycles. The molecule has 23 heteroatoms. The van der Waals surface area contributed by atoms with E-state index in [0.29, 0.717) is 32.1 Å². The molecule has 29 atom stereocenters. The minimum Gasteiger partial charge on any atom is -0.432 e. The molecule has 9 unspecified atom stereocenters. The molecule has 4 bridgehead atoms. The lowest BCUT2D eigenvalue weighted by molar-refractivity contribution is -0.397. The Balaban J connectivity index is 1.10. The molecule has 5 saturated carbocycles. The Bertz CT molecular complexity index is 1710. The predicted molar refractivity (Wildman–Crippen MR) is 219 cm³/mol. The average Bonchev–Trinajstić information content (AvgIpc) is 3.45. The molecule has 0 aromatic rings. The number of esters is 1. The van der Waals surface area contributed by atoms with Gasteiger partial charge in [0.2, 0.25) is 6.29 Å². The van der Waals surface area contributed by atoms with E-state index in [2.05, 4.69) is 6.58 Å². The van der Waals surface area contributed by atoms with Crippen LogP contribution in [0, 0.1) is 46.8 Å². The van der Waals surface area contributed by atoms with Gasteiger partial charge in [0.1, 0.15) is 97.7 Å². The van der Waals surface area contributed by atoms with Crippen LogP contribution in [0.4, 0.5) is 0 Å². The van der Waals surface area contributed by atoms with Gasteiger partial charge in [-0.15, -0.1) is 0 Å². The van der Waals surface area contributed by atoms with Crippen molar-refractivity contribution in [2.45, 2.75) is 181 Å². The first-order valence-corrected chi connectivity index (χ1v) is 23.5. The number of fused-ring (bicyclic) bond motifs is 3. The first-order valence-electron chi connectivity index (χ1n) is 23.5. The van der Waals surface area contributed by atoms with E-state index in [1.54, 1.807) is 0 Å². The second-order valence-corrected chi connectivity index (χ2v) is 20.4. The van der Waals surface area contributed by atoms with Gasteiger partial charge in [-0.2, -0.15) is 0 Å². The van der Waals surface area contributed by atoms with E-state index in [4.69, 9.17) is 37.9 Å². The number of rotatable bonds is 12. The normalized spacial score (nSPS) is 54.5. The van der Waals surface area contributed by atoms with Crippen LogP contribution in [0.2, 0.25) is 0 Å². The topological polar surface area (TPSA) is 374 Å². The second kappa shape index (κ2) is 20.5. The average molecular weight is 967 g/mol. The number of carbonyl (C=O) groups is 1. The van der Waals surface area contributed by atoms with Crippen molar-refractivity contribution in [1.82, 2.24) is 0 Å². The molecule has 0 aromatic carbocycles. The van der Waals surface area contributed by atoms with Gasteiger partial charge in [0.05, 0.1) is 37.9 Å². The minimum atomic E-state index is -1.96. The summed E-state index contributed by atoms with van der Waals surface area (Å²) in [7, 11) is 0. The number of aliphatic hydroxyl groups is 14. The molecule has 9 rings (SSSR count). The van der Waals surface area contributed by atoms with Crippen LogP contribution in [0.15, 0.2) is 12.2 Å². The fraction of sp³-hybridized carbons (Fsp3) is 0.932. The van der Waals surface area contributed by atoms with Crippen molar-refractivity contribution in [2.24, 2.45) is 46.8 Å². The number of hydrogen-bond donors (Lipinski definition) is 14. The monoisotopic (exact) mass is 966 g/mol. The smallest absolute Gasteiger partial charge is 0.314 e. The summed E-state index contributed by atoms with van der Waals surface area (Å²) in [6, 6.07) is 0. The highest BCUT2D eigenvalue weighted by Gasteiger charge is 2.63. The summed E-state index contributed by atoms with van der Waals surface area (Å²) in [6.45, 7) is 5.20. The second-order valence-electron chi connectivity index (χ2n) is 20.4. The van der Waals surface area contributed by atoms with Gasteiger partial charge in [0.25, 0.3) is 0 Å². The van der Waals surface area contributed by atoms with Crippen molar-refractivity contribution in [2.75, 3.05) is 26.4 Å². The molecule has 4 aliphatic heterocycles. The molecule has 0 radical (unpaired) electrons. The van der Waals surface area contributed by atoms with Crippen LogP contribution in [-0.2, 0) is 42.7 Å². The largest absolute Gasteiger partial charge is 0.432 e. The van der Waals surface area contributed by atoms with Crippen LogP contribution < -0.4 is 0 Å². The SMILES string of the molecule is C=C1CC2C3CC1C(O[C@@H]1O[C@H](CO)[C@@H](O)C(O[C@@H]4O[C@H](CO)[C@@H](O)[C@H](O)[C@H]4O)[C@H]1O[C@@H]1O[C@H](CO)[C@@H](O)[C@H](O)[C@H]1O)[C@H](C)C2C1CCC[C@@](C)(C(=O)OC2O[C@H](CO)[C@@H](O)[C@H](O)[C@H]2O)C1C3. The maximum Gasteiger partial charge on any atom is 0.314 e. The highest BCUT2D eigenvalue weighted by molar-refractivity contribution is 5.77. The first kappa shape index (κ1) is 51.7. The fourth-order valence-corrected chi connectivity index (χ4v) is 13.0. The summed E-state index contributed by atoms with van der Waals surface area (Å²) in [5.41, 5.74) is -0.180. The van der Waals surface area contributed by atoms with E-state index in [-0.39, 0.29) is 41.4 Å². The molecule has 9 aliphatic rings. The van der Waals surface area contributed by atoms with E-state index < -0.39 is 167 Å². The van der Waals surface area contributed by atoms with Crippen molar-refractivity contribution < 1.29 is 114 Å². The lowest BCUT2D eigenvalue weighted by atomic mass is 9.48. The van der Waals surface area contributed by atoms with Gasteiger partial charge < -0.3 is 109 Å². The molecular formula is C44H70O23. The number of ether oxygens (including phenoxy) is 8. The summed E-state index contributed by atoms with van der Waals surface area (Å²) in [5, 5.41) is 148. The van der Waals surface area contributed by atoms with E-state index in [0.717, 1.165) is 12.0 Å². The molecule has 4 heterocycles. The zero-order valence-corrected chi connectivity index (χ0v) is 37.4. The van der Waals surface area contributed by atoms with E-state index >= 15 is 0 Å². The molecular weight excluding hydrogens is 896 g/mol. The van der Waals surface area contributed by atoms with Crippen LogP contribution in [0.5, 0.6) is 0 Å². The molecule has 0 amide bonds. The molecule has 384 valence electrons. The zero-order chi connectivity index (χ0) is 48.5. The van der Waals surface area contributed by atoms with Crippen molar-refractivity contribution in [3.05, 3.63) is 12.2 Å².